The third kappa shape index (κ3) is 4.57. The van der Waals surface area contributed by atoms with Gasteiger partial charge in [-0.05, 0) is 23.8 Å². The molecule has 0 aliphatic rings. The number of sulfonamides is 1. The van der Waals surface area contributed by atoms with Crippen molar-refractivity contribution in [1.82, 2.24) is 9.78 Å². The highest BCUT2D eigenvalue weighted by Gasteiger charge is 2.18. The first-order valence-electron chi connectivity index (χ1n) is 7.48. The second-order valence-electron chi connectivity index (χ2n) is 5.54. The number of hydrogen-bond donors (Lipinski definition) is 1. The van der Waals surface area contributed by atoms with E-state index in [-0.39, 0.29) is 16.3 Å². The second kappa shape index (κ2) is 7.55. The lowest BCUT2D eigenvalue weighted by Gasteiger charge is -2.06. The Morgan fingerprint density at radius 2 is 1.93 bits per heavy atom. The van der Waals surface area contributed by atoms with Gasteiger partial charge in [-0.1, -0.05) is 35.3 Å². The molecule has 11 heteroatoms. The van der Waals surface area contributed by atoms with Crippen molar-refractivity contribution in [2.24, 2.45) is 0 Å². The Kier molecular flexibility index (Phi) is 5.36. The number of rotatable bonds is 6. The van der Waals surface area contributed by atoms with Crippen LogP contribution in [0.15, 0.2) is 59.8 Å². The van der Waals surface area contributed by atoms with Crippen LogP contribution in [-0.2, 0) is 16.6 Å². The molecule has 0 radical (unpaired) electrons. The summed E-state index contributed by atoms with van der Waals surface area (Å²) in [6.07, 6.45) is 2.84. The third-order valence-electron chi connectivity index (χ3n) is 3.55. The van der Waals surface area contributed by atoms with Crippen LogP contribution < -0.4 is 4.72 Å². The standard InChI is InChI=1S/C16H12Cl2N4O4S/c17-15-5-4-11(6-16(15)18)9-21-10-12(8-19-21)20-27(25,26)14-3-1-2-13(7-14)22(23)24/h1-8,10,20H,9H2. The maximum atomic E-state index is 12.4. The van der Waals surface area contributed by atoms with Gasteiger partial charge < -0.3 is 0 Å². The minimum atomic E-state index is -3.99. The number of aromatic nitrogens is 2. The SMILES string of the molecule is O=[N+]([O-])c1cccc(S(=O)(=O)Nc2cnn(Cc3ccc(Cl)c(Cl)c3)c2)c1. The molecule has 3 aromatic rings. The van der Waals surface area contributed by atoms with Gasteiger partial charge in [-0.15, -0.1) is 0 Å². The average Bonchev–Trinajstić information content (AvgIpc) is 3.04. The number of anilines is 1. The molecule has 2 aromatic carbocycles. The Labute approximate surface area is 164 Å². The summed E-state index contributed by atoms with van der Waals surface area (Å²) in [5.74, 6) is 0. The molecule has 0 unspecified atom stereocenters. The molecule has 3 rings (SSSR count). The van der Waals surface area contributed by atoms with Crippen molar-refractivity contribution in [2.75, 3.05) is 4.72 Å². The zero-order chi connectivity index (χ0) is 19.6. The van der Waals surface area contributed by atoms with Crippen LogP contribution in [0.5, 0.6) is 0 Å². The summed E-state index contributed by atoms with van der Waals surface area (Å²) in [7, 11) is -3.99. The molecule has 0 bridgehead atoms. The maximum absolute atomic E-state index is 12.4. The van der Waals surface area contributed by atoms with Crippen molar-refractivity contribution >= 4 is 44.6 Å². The Morgan fingerprint density at radius 3 is 2.63 bits per heavy atom. The average molecular weight is 427 g/mol. The maximum Gasteiger partial charge on any atom is 0.270 e. The molecule has 0 amide bonds. The summed E-state index contributed by atoms with van der Waals surface area (Å²) in [6, 6.07) is 9.92. The largest absolute Gasteiger partial charge is 0.276 e. The number of halogens is 2. The molecule has 1 N–H and O–H groups in total. The molecule has 8 nitrogen and oxygen atoms in total. The van der Waals surface area contributed by atoms with E-state index in [1.54, 1.807) is 18.2 Å². The lowest BCUT2D eigenvalue weighted by Crippen LogP contribution is -2.12. The lowest BCUT2D eigenvalue weighted by atomic mass is 10.2. The van der Waals surface area contributed by atoms with Gasteiger partial charge in [0.05, 0.1) is 38.3 Å². The first kappa shape index (κ1) is 19.2. The summed E-state index contributed by atoms with van der Waals surface area (Å²) in [4.78, 5) is 9.95. The van der Waals surface area contributed by atoms with Gasteiger partial charge in [-0.2, -0.15) is 5.10 Å². The fourth-order valence-electron chi connectivity index (χ4n) is 2.31. The van der Waals surface area contributed by atoms with E-state index in [1.807, 2.05) is 0 Å². The summed E-state index contributed by atoms with van der Waals surface area (Å²) in [5.41, 5.74) is 0.746. The summed E-state index contributed by atoms with van der Waals surface area (Å²) >= 11 is 11.9. The molecule has 0 fully saturated rings. The van der Waals surface area contributed by atoms with Crippen LogP contribution in [0.4, 0.5) is 11.4 Å². The number of benzene rings is 2. The van der Waals surface area contributed by atoms with Crippen LogP contribution in [0.25, 0.3) is 0 Å². The molecule has 0 aliphatic heterocycles. The molecule has 140 valence electrons. The Morgan fingerprint density at radius 1 is 1.15 bits per heavy atom. The van der Waals surface area contributed by atoms with E-state index in [9.17, 15) is 18.5 Å². The number of non-ortho nitro benzene ring substituents is 1. The minimum absolute atomic E-state index is 0.214. The highest BCUT2D eigenvalue weighted by Crippen LogP contribution is 2.24. The first-order valence-corrected chi connectivity index (χ1v) is 9.72. The quantitative estimate of drug-likeness (QED) is 0.474. The molecule has 1 heterocycles. The summed E-state index contributed by atoms with van der Waals surface area (Å²) in [5, 5.41) is 15.8. The van der Waals surface area contributed by atoms with E-state index in [0.29, 0.717) is 16.6 Å². The van der Waals surface area contributed by atoms with Crippen molar-refractivity contribution < 1.29 is 13.3 Å². The number of nitrogens with one attached hydrogen (secondary N) is 1. The van der Waals surface area contributed by atoms with E-state index in [2.05, 4.69) is 9.82 Å². The molecular weight excluding hydrogens is 415 g/mol. The van der Waals surface area contributed by atoms with Crippen LogP contribution in [0.3, 0.4) is 0 Å². The predicted molar refractivity (Wildman–Crippen MR) is 102 cm³/mol. The number of hydrogen-bond acceptors (Lipinski definition) is 5. The topological polar surface area (TPSA) is 107 Å². The molecular formula is C16H12Cl2N4O4S. The minimum Gasteiger partial charge on any atom is -0.276 e. The molecule has 27 heavy (non-hydrogen) atoms. The number of nitrogens with zero attached hydrogens (tertiary/aromatic N) is 3. The van der Waals surface area contributed by atoms with Gasteiger partial charge >= 0.3 is 0 Å². The van der Waals surface area contributed by atoms with Gasteiger partial charge in [0.2, 0.25) is 0 Å². The fourth-order valence-corrected chi connectivity index (χ4v) is 3.69. The van der Waals surface area contributed by atoms with Crippen molar-refractivity contribution in [3.8, 4) is 0 Å². The molecule has 1 aromatic heterocycles. The van der Waals surface area contributed by atoms with Crippen LogP contribution >= 0.6 is 23.2 Å². The Balaban J connectivity index is 1.77. The van der Waals surface area contributed by atoms with Crippen molar-refractivity contribution in [2.45, 2.75) is 11.4 Å². The van der Waals surface area contributed by atoms with Crippen LogP contribution in [0, 0.1) is 10.1 Å². The van der Waals surface area contributed by atoms with Gasteiger partial charge in [0.25, 0.3) is 15.7 Å². The third-order valence-corrected chi connectivity index (χ3v) is 5.67. The monoisotopic (exact) mass is 426 g/mol. The van der Waals surface area contributed by atoms with Crippen LogP contribution in [0.1, 0.15) is 5.56 Å². The molecule has 0 atom stereocenters. The van der Waals surface area contributed by atoms with Gasteiger partial charge in [-0.3, -0.25) is 19.5 Å². The molecule has 0 saturated heterocycles. The van der Waals surface area contributed by atoms with Crippen LogP contribution in [0.2, 0.25) is 10.0 Å². The normalized spacial score (nSPS) is 11.3. The highest BCUT2D eigenvalue weighted by atomic mass is 35.5. The fraction of sp³-hybridized carbons (Fsp3) is 0.0625. The van der Waals surface area contributed by atoms with E-state index in [0.717, 1.165) is 11.6 Å². The van der Waals surface area contributed by atoms with E-state index >= 15 is 0 Å². The lowest BCUT2D eigenvalue weighted by molar-refractivity contribution is -0.385. The van der Waals surface area contributed by atoms with E-state index < -0.39 is 14.9 Å². The van der Waals surface area contributed by atoms with Gasteiger partial charge in [0.1, 0.15) is 0 Å². The smallest absolute Gasteiger partial charge is 0.270 e. The van der Waals surface area contributed by atoms with Gasteiger partial charge in [0, 0.05) is 18.3 Å². The van der Waals surface area contributed by atoms with Crippen molar-refractivity contribution in [3.63, 3.8) is 0 Å². The van der Waals surface area contributed by atoms with Crippen molar-refractivity contribution in [1.29, 1.82) is 0 Å². The van der Waals surface area contributed by atoms with Gasteiger partial charge in [0.15, 0.2) is 0 Å². The van der Waals surface area contributed by atoms with E-state index in [4.69, 9.17) is 23.2 Å². The van der Waals surface area contributed by atoms with Crippen LogP contribution in [-0.4, -0.2) is 23.1 Å². The number of nitro groups is 1. The number of nitro benzene ring substituents is 1. The zero-order valence-corrected chi connectivity index (χ0v) is 15.9. The summed E-state index contributed by atoms with van der Waals surface area (Å²) in [6.45, 7) is 0.357. The second-order valence-corrected chi connectivity index (χ2v) is 8.03. The Hall–Kier alpha value is -2.62. The first-order chi connectivity index (χ1) is 12.7. The molecule has 0 aliphatic carbocycles. The Bertz CT molecular complexity index is 1120. The zero-order valence-electron chi connectivity index (χ0n) is 13.5. The molecule has 0 saturated carbocycles. The van der Waals surface area contributed by atoms with E-state index in [1.165, 1.54) is 35.3 Å². The highest BCUT2D eigenvalue weighted by molar-refractivity contribution is 7.92. The van der Waals surface area contributed by atoms with Crippen molar-refractivity contribution in [3.05, 3.63) is 80.6 Å². The van der Waals surface area contributed by atoms with Gasteiger partial charge in [-0.25, -0.2) is 8.42 Å². The summed E-state index contributed by atoms with van der Waals surface area (Å²) < 4.78 is 28.7. The molecule has 0 spiro atoms. The predicted octanol–water partition coefficient (Wildman–Crippen LogP) is 3.95.